The van der Waals surface area contributed by atoms with Gasteiger partial charge in [0, 0.05) is 37.8 Å². The summed E-state index contributed by atoms with van der Waals surface area (Å²) in [6, 6.07) is 4.05. The van der Waals surface area contributed by atoms with Crippen LogP contribution in [0.15, 0.2) is 18.2 Å². The first-order valence-electron chi connectivity index (χ1n) is 6.62. The van der Waals surface area contributed by atoms with Crippen LogP contribution in [0.4, 0.5) is 8.78 Å². The van der Waals surface area contributed by atoms with Crippen LogP contribution in [0.5, 0.6) is 11.5 Å². The smallest absolute Gasteiger partial charge is 0.258 e. The quantitative estimate of drug-likeness (QED) is 0.896. The molecule has 0 spiro atoms. The molecule has 1 aliphatic heterocycles. The Morgan fingerprint density at radius 1 is 1.15 bits per heavy atom. The van der Waals surface area contributed by atoms with E-state index in [0.29, 0.717) is 30.2 Å². The second-order valence-corrected chi connectivity index (χ2v) is 4.67. The van der Waals surface area contributed by atoms with Gasteiger partial charge in [-0.25, -0.2) is 8.78 Å². The molecule has 0 saturated carbocycles. The first-order chi connectivity index (χ1) is 9.67. The molecule has 0 unspecified atom stereocenters. The summed E-state index contributed by atoms with van der Waals surface area (Å²) in [5, 5.41) is 3.17. The van der Waals surface area contributed by atoms with Crippen LogP contribution in [0.1, 0.15) is 11.6 Å². The summed E-state index contributed by atoms with van der Waals surface area (Å²) in [6.07, 6.45) is -2.46. The van der Waals surface area contributed by atoms with Crippen molar-refractivity contribution in [2.75, 3.05) is 40.4 Å². The van der Waals surface area contributed by atoms with Gasteiger partial charge in [0.25, 0.3) is 6.43 Å². The van der Waals surface area contributed by atoms with Crippen LogP contribution in [-0.4, -0.2) is 51.7 Å². The topological polar surface area (TPSA) is 33.7 Å². The van der Waals surface area contributed by atoms with Gasteiger partial charge in [-0.2, -0.15) is 0 Å². The summed E-state index contributed by atoms with van der Waals surface area (Å²) in [5.41, 5.74) is 0.505. The predicted molar refractivity (Wildman–Crippen MR) is 72.7 cm³/mol. The van der Waals surface area contributed by atoms with Gasteiger partial charge in [-0.05, 0) is 12.1 Å². The van der Waals surface area contributed by atoms with E-state index in [2.05, 4.69) is 5.32 Å². The maximum atomic E-state index is 13.5. The number of piperazine rings is 1. The summed E-state index contributed by atoms with van der Waals surface area (Å²) in [7, 11) is 3.02. The number of ether oxygens (including phenoxy) is 2. The average Bonchev–Trinajstić information content (AvgIpc) is 2.48. The Labute approximate surface area is 117 Å². The highest BCUT2D eigenvalue weighted by Crippen LogP contribution is 2.36. The van der Waals surface area contributed by atoms with Crippen LogP contribution in [0, 0.1) is 0 Å². The van der Waals surface area contributed by atoms with Gasteiger partial charge in [-0.15, -0.1) is 0 Å². The number of hydrogen-bond acceptors (Lipinski definition) is 4. The van der Waals surface area contributed by atoms with Crippen molar-refractivity contribution in [3.8, 4) is 11.5 Å². The number of methoxy groups -OCH3 is 2. The third-order valence-corrected chi connectivity index (χ3v) is 3.54. The zero-order valence-corrected chi connectivity index (χ0v) is 11.7. The molecule has 0 radical (unpaired) electrons. The van der Waals surface area contributed by atoms with Gasteiger partial charge in [0.1, 0.15) is 11.5 Å². The summed E-state index contributed by atoms with van der Waals surface area (Å²) in [5.74, 6) is 1.03. The van der Waals surface area contributed by atoms with Crippen molar-refractivity contribution >= 4 is 0 Å². The third-order valence-electron chi connectivity index (χ3n) is 3.54. The molecular weight excluding hydrogens is 266 g/mol. The van der Waals surface area contributed by atoms with Gasteiger partial charge >= 0.3 is 0 Å². The summed E-state index contributed by atoms with van der Waals surface area (Å²) < 4.78 is 37.4. The van der Waals surface area contributed by atoms with Crippen LogP contribution in [0.2, 0.25) is 0 Å². The van der Waals surface area contributed by atoms with Crippen LogP contribution >= 0.6 is 0 Å². The Kier molecular flexibility index (Phi) is 5.14. The predicted octanol–water partition coefficient (Wildman–Crippen LogP) is 1.92. The minimum Gasteiger partial charge on any atom is -0.497 e. The van der Waals surface area contributed by atoms with Gasteiger partial charge < -0.3 is 14.8 Å². The second kappa shape index (κ2) is 6.85. The first kappa shape index (κ1) is 15.0. The lowest BCUT2D eigenvalue weighted by atomic mass is 10.0. The van der Waals surface area contributed by atoms with Crippen molar-refractivity contribution in [3.05, 3.63) is 23.8 Å². The van der Waals surface area contributed by atoms with Gasteiger partial charge in [-0.1, -0.05) is 0 Å². The molecular formula is C14H20F2N2O2. The maximum absolute atomic E-state index is 13.5. The lowest BCUT2D eigenvalue weighted by Crippen LogP contribution is -2.47. The highest BCUT2D eigenvalue weighted by atomic mass is 19.3. The summed E-state index contributed by atoms with van der Waals surface area (Å²) in [4.78, 5) is 1.80. The number of alkyl halides is 2. The molecule has 0 bridgehead atoms. The molecule has 20 heavy (non-hydrogen) atoms. The summed E-state index contributed by atoms with van der Waals surface area (Å²) >= 11 is 0. The van der Waals surface area contributed by atoms with Gasteiger partial charge in [0.2, 0.25) is 0 Å². The first-order valence-corrected chi connectivity index (χ1v) is 6.62. The molecule has 1 aromatic rings. The molecule has 1 fully saturated rings. The Morgan fingerprint density at radius 2 is 1.85 bits per heavy atom. The molecule has 2 rings (SSSR count). The molecule has 6 heteroatoms. The minimum atomic E-state index is -2.46. The number of nitrogens with one attached hydrogen (secondary N) is 1. The Bertz CT molecular complexity index is 437. The zero-order chi connectivity index (χ0) is 14.5. The highest BCUT2D eigenvalue weighted by molar-refractivity contribution is 5.43. The molecule has 1 atom stereocenters. The largest absolute Gasteiger partial charge is 0.497 e. The van der Waals surface area contributed by atoms with Crippen LogP contribution in [0.3, 0.4) is 0 Å². The monoisotopic (exact) mass is 286 g/mol. The fourth-order valence-electron chi connectivity index (χ4n) is 2.51. The van der Waals surface area contributed by atoms with Gasteiger partial charge in [0.15, 0.2) is 0 Å². The van der Waals surface area contributed by atoms with E-state index in [-0.39, 0.29) is 0 Å². The molecule has 4 nitrogen and oxygen atoms in total. The highest BCUT2D eigenvalue weighted by Gasteiger charge is 2.32. The lowest BCUT2D eigenvalue weighted by Gasteiger charge is -2.35. The Balaban J connectivity index is 2.32. The Hall–Kier alpha value is -1.40. The maximum Gasteiger partial charge on any atom is 0.258 e. The van der Waals surface area contributed by atoms with E-state index in [1.165, 1.54) is 14.2 Å². The molecule has 0 aliphatic carbocycles. The molecule has 1 N–H and O–H groups in total. The van der Waals surface area contributed by atoms with Crippen LogP contribution in [0.25, 0.3) is 0 Å². The number of benzene rings is 1. The fourth-order valence-corrected chi connectivity index (χ4v) is 2.51. The molecule has 0 aromatic heterocycles. The van der Waals surface area contributed by atoms with E-state index in [9.17, 15) is 8.78 Å². The zero-order valence-electron chi connectivity index (χ0n) is 11.7. The summed E-state index contributed by atoms with van der Waals surface area (Å²) in [6.45, 7) is 2.65. The van der Waals surface area contributed by atoms with E-state index in [1.54, 1.807) is 23.1 Å². The van der Waals surface area contributed by atoms with Crippen LogP contribution in [-0.2, 0) is 0 Å². The number of nitrogens with zero attached hydrogens (tertiary/aromatic N) is 1. The van der Waals surface area contributed by atoms with E-state index in [0.717, 1.165) is 13.1 Å². The SMILES string of the molecule is COc1ccc([C@@H](C(F)F)N2CCNCC2)c(OC)c1. The molecule has 1 heterocycles. The molecule has 1 aliphatic rings. The van der Waals surface area contributed by atoms with Crippen molar-refractivity contribution in [2.24, 2.45) is 0 Å². The molecule has 1 aromatic carbocycles. The number of rotatable bonds is 5. The molecule has 0 amide bonds. The lowest BCUT2D eigenvalue weighted by molar-refractivity contribution is 0.0170. The Morgan fingerprint density at radius 3 is 2.40 bits per heavy atom. The van der Waals surface area contributed by atoms with Crippen molar-refractivity contribution in [1.29, 1.82) is 0 Å². The normalized spacial score (nSPS) is 18.1. The van der Waals surface area contributed by atoms with E-state index in [4.69, 9.17) is 9.47 Å². The van der Waals surface area contributed by atoms with Crippen molar-refractivity contribution in [3.63, 3.8) is 0 Å². The fraction of sp³-hybridized carbons (Fsp3) is 0.571. The van der Waals surface area contributed by atoms with E-state index >= 15 is 0 Å². The number of halogens is 2. The number of hydrogen-bond donors (Lipinski definition) is 1. The van der Waals surface area contributed by atoms with Crippen molar-refractivity contribution in [1.82, 2.24) is 10.2 Å². The van der Waals surface area contributed by atoms with E-state index in [1.807, 2.05) is 0 Å². The van der Waals surface area contributed by atoms with E-state index < -0.39 is 12.5 Å². The van der Waals surface area contributed by atoms with Crippen LogP contribution < -0.4 is 14.8 Å². The van der Waals surface area contributed by atoms with Crippen molar-refractivity contribution in [2.45, 2.75) is 12.5 Å². The third kappa shape index (κ3) is 3.19. The molecule has 1 saturated heterocycles. The van der Waals surface area contributed by atoms with Crippen molar-refractivity contribution < 1.29 is 18.3 Å². The standard InChI is InChI=1S/C14H20F2N2O2/c1-19-10-3-4-11(12(9-10)20-2)13(14(15)16)18-7-5-17-6-8-18/h3-4,9,13-14,17H,5-8H2,1-2H3/t13-/m0/s1. The van der Waals surface area contributed by atoms with Gasteiger partial charge in [-0.3, -0.25) is 4.90 Å². The van der Waals surface area contributed by atoms with Gasteiger partial charge in [0.05, 0.1) is 20.3 Å². The minimum absolute atomic E-state index is 0.438. The molecule has 112 valence electrons. The second-order valence-electron chi connectivity index (χ2n) is 4.67. The average molecular weight is 286 g/mol.